The maximum Gasteiger partial charge on any atom is 0.136 e. The molecule has 0 radical (unpaired) electrons. The fourth-order valence-electron chi connectivity index (χ4n) is 5.99. The van der Waals surface area contributed by atoms with Crippen LogP contribution in [0.15, 0.2) is 150 Å². The van der Waals surface area contributed by atoms with Crippen molar-refractivity contribution in [2.24, 2.45) is 0 Å². The fraction of sp³-hybridized carbons (Fsp3) is 0. The number of furan rings is 1. The van der Waals surface area contributed by atoms with Crippen molar-refractivity contribution >= 4 is 43.5 Å². The van der Waals surface area contributed by atoms with Crippen LogP contribution in [0.2, 0.25) is 0 Å². The van der Waals surface area contributed by atoms with Crippen LogP contribution in [-0.2, 0) is 0 Å². The molecule has 0 saturated carbocycles. The Labute approximate surface area is 226 Å². The Morgan fingerprint density at radius 3 is 1.74 bits per heavy atom. The van der Waals surface area contributed by atoms with Gasteiger partial charge in [-0.25, -0.2) is 0 Å². The van der Waals surface area contributed by atoms with Crippen molar-refractivity contribution in [2.45, 2.75) is 0 Å². The number of hydrogen-bond donors (Lipinski definition) is 0. The summed E-state index contributed by atoms with van der Waals surface area (Å²) in [4.78, 5) is 0. The van der Waals surface area contributed by atoms with Crippen LogP contribution in [0, 0.1) is 0 Å². The zero-order valence-electron chi connectivity index (χ0n) is 21.3. The molecule has 0 aliphatic heterocycles. The summed E-state index contributed by atoms with van der Waals surface area (Å²) in [6.45, 7) is 0. The van der Waals surface area contributed by atoms with Crippen LogP contribution in [-0.4, -0.2) is 0 Å². The van der Waals surface area contributed by atoms with Gasteiger partial charge in [0, 0.05) is 10.8 Å². The molecule has 1 heteroatoms. The first-order chi connectivity index (χ1) is 19.3. The highest BCUT2D eigenvalue weighted by atomic mass is 16.3. The normalized spacial score (nSPS) is 11.6. The van der Waals surface area contributed by atoms with Crippen LogP contribution in [0.5, 0.6) is 0 Å². The van der Waals surface area contributed by atoms with E-state index in [1.54, 1.807) is 0 Å². The first-order valence-electron chi connectivity index (χ1n) is 13.4. The van der Waals surface area contributed by atoms with Crippen LogP contribution in [0.3, 0.4) is 0 Å². The topological polar surface area (TPSA) is 13.1 Å². The van der Waals surface area contributed by atoms with E-state index in [0.29, 0.717) is 0 Å². The molecule has 0 bridgehead atoms. The molecule has 0 amide bonds. The Bertz CT molecular complexity index is 2160. The number of fused-ring (bicyclic) bond motifs is 6. The Morgan fingerprint density at radius 1 is 0.308 bits per heavy atom. The zero-order valence-corrected chi connectivity index (χ0v) is 21.3. The van der Waals surface area contributed by atoms with Gasteiger partial charge in [0.15, 0.2) is 0 Å². The molecule has 182 valence electrons. The third-order valence-corrected chi connectivity index (χ3v) is 7.89. The maximum atomic E-state index is 6.14. The van der Waals surface area contributed by atoms with E-state index >= 15 is 0 Å². The molecule has 39 heavy (non-hydrogen) atoms. The second kappa shape index (κ2) is 8.72. The summed E-state index contributed by atoms with van der Waals surface area (Å²) in [5.41, 5.74) is 9.13. The van der Waals surface area contributed by atoms with Gasteiger partial charge in [0.1, 0.15) is 11.2 Å². The summed E-state index contributed by atoms with van der Waals surface area (Å²) >= 11 is 0. The standard InChI is InChI=1S/C38H24O/c1-2-11-30-28(9-1)23-36(33-14-6-5-12-31(30)33)32-13-4-3-10-29(32)26-19-17-25(18-20-26)27-21-22-35-34-15-7-8-16-37(34)39-38(35)24-27/h1-24H. The molecular weight excluding hydrogens is 472 g/mol. The van der Waals surface area contributed by atoms with E-state index in [9.17, 15) is 0 Å². The summed E-state index contributed by atoms with van der Waals surface area (Å²) in [6.07, 6.45) is 0. The second-order valence-electron chi connectivity index (χ2n) is 10.1. The van der Waals surface area contributed by atoms with Crippen molar-refractivity contribution < 1.29 is 4.42 Å². The molecule has 0 spiro atoms. The van der Waals surface area contributed by atoms with Crippen LogP contribution in [0.4, 0.5) is 0 Å². The Hall–Kier alpha value is -5.14. The number of hydrogen-bond acceptors (Lipinski definition) is 1. The molecule has 1 aromatic heterocycles. The molecule has 7 aromatic carbocycles. The summed E-state index contributed by atoms with van der Waals surface area (Å²) in [5, 5.41) is 7.43. The van der Waals surface area contributed by atoms with Gasteiger partial charge >= 0.3 is 0 Å². The average Bonchev–Trinajstić information content (AvgIpc) is 3.39. The maximum absolute atomic E-state index is 6.14. The quantitative estimate of drug-likeness (QED) is 0.222. The van der Waals surface area contributed by atoms with Gasteiger partial charge < -0.3 is 4.42 Å². The van der Waals surface area contributed by atoms with Crippen molar-refractivity contribution in [3.05, 3.63) is 146 Å². The predicted octanol–water partition coefficient (Wildman–Crippen LogP) is 10.9. The number of para-hydroxylation sites is 1. The van der Waals surface area contributed by atoms with Gasteiger partial charge in [-0.1, -0.05) is 121 Å². The molecule has 0 atom stereocenters. The first kappa shape index (κ1) is 21.9. The van der Waals surface area contributed by atoms with Crippen molar-refractivity contribution in [2.75, 3.05) is 0 Å². The summed E-state index contributed by atoms with van der Waals surface area (Å²) in [6, 6.07) is 52.1. The highest BCUT2D eigenvalue weighted by molar-refractivity contribution is 6.14. The predicted molar refractivity (Wildman–Crippen MR) is 165 cm³/mol. The van der Waals surface area contributed by atoms with E-state index < -0.39 is 0 Å². The summed E-state index contributed by atoms with van der Waals surface area (Å²) in [7, 11) is 0. The van der Waals surface area contributed by atoms with Crippen molar-refractivity contribution in [1.82, 2.24) is 0 Å². The molecular formula is C38H24O. The smallest absolute Gasteiger partial charge is 0.136 e. The van der Waals surface area contributed by atoms with Gasteiger partial charge in [0.05, 0.1) is 0 Å². The van der Waals surface area contributed by atoms with Crippen LogP contribution < -0.4 is 0 Å². The van der Waals surface area contributed by atoms with Gasteiger partial charge in [0.2, 0.25) is 0 Å². The molecule has 0 aliphatic carbocycles. The van der Waals surface area contributed by atoms with Gasteiger partial charge in [0.25, 0.3) is 0 Å². The number of rotatable bonds is 3. The molecule has 1 heterocycles. The molecule has 0 saturated heterocycles. The van der Waals surface area contributed by atoms with Gasteiger partial charge in [-0.05, 0) is 79.2 Å². The van der Waals surface area contributed by atoms with Gasteiger partial charge in [-0.3, -0.25) is 0 Å². The average molecular weight is 497 g/mol. The molecule has 0 unspecified atom stereocenters. The lowest BCUT2D eigenvalue weighted by Crippen LogP contribution is -1.88. The fourth-order valence-corrected chi connectivity index (χ4v) is 5.99. The summed E-state index contributed by atoms with van der Waals surface area (Å²) < 4.78 is 6.14. The minimum Gasteiger partial charge on any atom is -0.456 e. The SMILES string of the molecule is c1ccc(-c2cc3ccccc3c3ccccc23)c(-c2ccc(-c3ccc4c(c3)oc3ccccc34)cc2)c1. The molecule has 8 rings (SSSR count). The Balaban J connectivity index is 1.24. The zero-order chi connectivity index (χ0) is 25.8. The lowest BCUT2D eigenvalue weighted by Gasteiger charge is -2.15. The van der Waals surface area contributed by atoms with E-state index in [0.717, 1.165) is 27.5 Å². The minimum atomic E-state index is 0.923. The largest absolute Gasteiger partial charge is 0.456 e. The van der Waals surface area contributed by atoms with E-state index in [1.807, 2.05) is 12.1 Å². The minimum absolute atomic E-state index is 0.923. The molecule has 0 N–H and O–H groups in total. The summed E-state index contributed by atoms with van der Waals surface area (Å²) in [5.74, 6) is 0. The molecule has 0 aliphatic rings. The molecule has 0 fully saturated rings. The van der Waals surface area contributed by atoms with Gasteiger partial charge in [-0.15, -0.1) is 0 Å². The third kappa shape index (κ3) is 3.55. The van der Waals surface area contributed by atoms with Crippen LogP contribution in [0.1, 0.15) is 0 Å². The highest BCUT2D eigenvalue weighted by Crippen LogP contribution is 2.40. The Morgan fingerprint density at radius 2 is 0.897 bits per heavy atom. The molecule has 1 nitrogen and oxygen atoms in total. The van der Waals surface area contributed by atoms with Crippen LogP contribution >= 0.6 is 0 Å². The first-order valence-corrected chi connectivity index (χ1v) is 13.4. The van der Waals surface area contributed by atoms with E-state index in [-0.39, 0.29) is 0 Å². The monoisotopic (exact) mass is 496 g/mol. The number of benzene rings is 7. The van der Waals surface area contributed by atoms with E-state index in [4.69, 9.17) is 4.42 Å². The lowest BCUT2D eigenvalue weighted by molar-refractivity contribution is 0.669. The van der Waals surface area contributed by atoms with Crippen LogP contribution in [0.25, 0.3) is 76.9 Å². The lowest BCUT2D eigenvalue weighted by atomic mass is 9.88. The van der Waals surface area contributed by atoms with Crippen molar-refractivity contribution in [1.29, 1.82) is 0 Å². The van der Waals surface area contributed by atoms with E-state index in [1.165, 1.54) is 49.4 Å². The third-order valence-electron chi connectivity index (χ3n) is 7.89. The highest BCUT2D eigenvalue weighted by Gasteiger charge is 2.13. The molecule has 8 aromatic rings. The van der Waals surface area contributed by atoms with Crippen molar-refractivity contribution in [3.8, 4) is 33.4 Å². The van der Waals surface area contributed by atoms with Crippen molar-refractivity contribution in [3.63, 3.8) is 0 Å². The van der Waals surface area contributed by atoms with Gasteiger partial charge in [-0.2, -0.15) is 0 Å². The van der Waals surface area contributed by atoms with E-state index in [2.05, 4.69) is 133 Å². The second-order valence-corrected chi connectivity index (χ2v) is 10.1. The Kier molecular flexibility index (Phi) is 4.89.